The summed E-state index contributed by atoms with van der Waals surface area (Å²) in [5, 5.41) is 15.5. The van der Waals surface area contributed by atoms with Crippen LogP contribution in [0.2, 0.25) is 0 Å². The van der Waals surface area contributed by atoms with Crippen LogP contribution < -0.4 is 10.6 Å². The van der Waals surface area contributed by atoms with Gasteiger partial charge in [-0.3, -0.25) is 4.79 Å². The molecule has 0 radical (unpaired) electrons. The summed E-state index contributed by atoms with van der Waals surface area (Å²) in [6, 6.07) is 8.15. The van der Waals surface area contributed by atoms with Crippen LogP contribution in [-0.4, -0.2) is 30.7 Å². The number of carbonyl (C=O) groups is 1. The average molecular weight is 274 g/mol. The lowest BCUT2D eigenvalue weighted by atomic mass is 9.90. The quantitative estimate of drug-likeness (QED) is 0.755. The maximum absolute atomic E-state index is 12.4. The highest BCUT2D eigenvalue weighted by Gasteiger charge is 2.42. The largest absolute Gasteiger partial charge is 0.396 e. The molecule has 1 aliphatic heterocycles. The summed E-state index contributed by atoms with van der Waals surface area (Å²) in [6.45, 7) is 2.46. The van der Waals surface area contributed by atoms with Crippen molar-refractivity contribution in [2.45, 2.75) is 31.7 Å². The summed E-state index contributed by atoms with van der Waals surface area (Å²) in [4.78, 5) is 12.4. The Morgan fingerprint density at radius 3 is 2.95 bits per heavy atom. The van der Waals surface area contributed by atoms with Crippen LogP contribution >= 0.6 is 0 Å². The third kappa shape index (κ3) is 2.72. The Kier molecular flexibility index (Phi) is 3.76. The monoisotopic (exact) mass is 274 g/mol. The fraction of sp³-hybridized carbons (Fsp3) is 0.562. The van der Waals surface area contributed by atoms with Gasteiger partial charge in [0.2, 0.25) is 5.91 Å². The summed E-state index contributed by atoms with van der Waals surface area (Å²) >= 11 is 0. The van der Waals surface area contributed by atoms with Gasteiger partial charge in [0.1, 0.15) is 0 Å². The smallest absolute Gasteiger partial charge is 0.228 e. The molecule has 1 heterocycles. The average Bonchev–Trinajstić information content (AvgIpc) is 3.25. The molecule has 0 spiro atoms. The van der Waals surface area contributed by atoms with E-state index in [-0.39, 0.29) is 23.8 Å². The van der Waals surface area contributed by atoms with E-state index in [9.17, 15) is 4.79 Å². The Hall–Kier alpha value is -1.39. The molecular weight excluding hydrogens is 252 g/mol. The summed E-state index contributed by atoms with van der Waals surface area (Å²) in [5.41, 5.74) is 2.54. The summed E-state index contributed by atoms with van der Waals surface area (Å²) in [5.74, 6) is 0.0127. The van der Waals surface area contributed by atoms with Crippen molar-refractivity contribution >= 4 is 5.91 Å². The van der Waals surface area contributed by atoms with Crippen molar-refractivity contribution in [2.24, 2.45) is 5.41 Å². The Balaban J connectivity index is 1.64. The first-order chi connectivity index (χ1) is 9.74. The molecule has 1 saturated carbocycles. The van der Waals surface area contributed by atoms with Crippen LogP contribution in [0.1, 0.15) is 36.3 Å². The lowest BCUT2D eigenvalue weighted by molar-refractivity contribution is -0.122. The second-order valence-corrected chi connectivity index (χ2v) is 6.07. The highest BCUT2D eigenvalue weighted by molar-refractivity contribution is 5.84. The highest BCUT2D eigenvalue weighted by Crippen LogP contribution is 2.48. The van der Waals surface area contributed by atoms with Gasteiger partial charge in [-0.2, -0.15) is 0 Å². The molecule has 4 nitrogen and oxygen atoms in total. The predicted octanol–water partition coefficient (Wildman–Crippen LogP) is 1.15. The molecule has 3 N–H and O–H groups in total. The number of carbonyl (C=O) groups excluding carboxylic acids is 1. The minimum atomic E-state index is -0.0927. The normalized spacial score (nSPS) is 22.9. The maximum Gasteiger partial charge on any atom is 0.228 e. The molecule has 1 aromatic carbocycles. The zero-order valence-corrected chi connectivity index (χ0v) is 11.7. The van der Waals surface area contributed by atoms with Gasteiger partial charge < -0.3 is 15.7 Å². The predicted molar refractivity (Wildman–Crippen MR) is 77.3 cm³/mol. The van der Waals surface area contributed by atoms with Gasteiger partial charge in [-0.15, -0.1) is 0 Å². The lowest BCUT2D eigenvalue weighted by Crippen LogP contribution is -2.40. The van der Waals surface area contributed by atoms with Gasteiger partial charge in [0.15, 0.2) is 0 Å². The Morgan fingerprint density at radius 2 is 2.20 bits per heavy atom. The number of fused-ring (bicyclic) bond motifs is 1. The first-order valence-electron chi connectivity index (χ1n) is 7.41. The van der Waals surface area contributed by atoms with Crippen LogP contribution in [0.15, 0.2) is 24.3 Å². The standard InChI is InChI=1S/C16H22N2O2/c19-8-7-16(5-6-16)11-18-15(20)14-10-17-9-12-3-1-2-4-13(12)14/h1-4,14,17,19H,5-11H2,(H,18,20). The van der Waals surface area contributed by atoms with E-state index in [0.717, 1.165) is 31.4 Å². The lowest BCUT2D eigenvalue weighted by Gasteiger charge is -2.26. The summed E-state index contributed by atoms with van der Waals surface area (Å²) in [6.07, 6.45) is 3.04. The first-order valence-corrected chi connectivity index (χ1v) is 7.41. The number of nitrogens with one attached hydrogen (secondary N) is 2. The fourth-order valence-electron chi connectivity index (χ4n) is 3.06. The molecule has 3 rings (SSSR count). The van der Waals surface area contributed by atoms with Crippen molar-refractivity contribution in [3.8, 4) is 0 Å². The number of amides is 1. The second-order valence-electron chi connectivity index (χ2n) is 6.07. The minimum Gasteiger partial charge on any atom is -0.396 e. The van der Waals surface area contributed by atoms with Crippen molar-refractivity contribution in [3.63, 3.8) is 0 Å². The number of hydrogen-bond donors (Lipinski definition) is 3. The molecule has 0 bridgehead atoms. The zero-order chi connectivity index (χ0) is 14.0. The minimum absolute atomic E-state index is 0.0927. The number of aliphatic hydroxyl groups excluding tert-OH is 1. The van der Waals surface area contributed by atoms with Gasteiger partial charge in [-0.05, 0) is 35.8 Å². The van der Waals surface area contributed by atoms with Crippen LogP contribution in [0.25, 0.3) is 0 Å². The van der Waals surface area contributed by atoms with Crippen LogP contribution in [0.5, 0.6) is 0 Å². The molecule has 1 unspecified atom stereocenters. The van der Waals surface area contributed by atoms with Crippen molar-refractivity contribution in [1.82, 2.24) is 10.6 Å². The molecule has 2 aliphatic rings. The number of rotatable bonds is 5. The molecule has 1 fully saturated rings. The van der Waals surface area contributed by atoms with Gasteiger partial charge in [-0.25, -0.2) is 0 Å². The van der Waals surface area contributed by atoms with Gasteiger partial charge in [0.05, 0.1) is 5.92 Å². The fourth-order valence-corrected chi connectivity index (χ4v) is 3.06. The van der Waals surface area contributed by atoms with Crippen molar-refractivity contribution in [3.05, 3.63) is 35.4 Å². The van der Waals surface area contributed by atoms with Gasteiger partial charge in [0, 0.05) is 26.2 Å². The van der Waals surface area contributed by atoms with E-state index in [1.54, 1.807) is 0 Å². The van der Waals surface area contributed by atoms with Gasteiger partial charge in [0.25, 0.3) is 0 Å². The van der Waals surface area contributed by atoms with Crippen molar-refractivity contribution in [1.29, 1.82) is 0 Å². The topological polar surface area (TPSA) is 61.4 Å². The maximum atomic E-state index is 12.4. The Morgan fingerprint density at radius 1 is 1.40 bits per heavy atom. The molecule has 4 heteroatoms. The van der Waals surface area contributed by atoms with E-state index in [1.165, 1.54) is 5.56 Å². The molecule has 1 aliphatic carbocycles. The first kappa shape index (κ1) is 13.6. The zero-order valence-electron chi connectivity index (χ0n) is 11.7. The van der Waals surface area contributed by atoms with Crippen molar-refractivity contribution < 1.29 is 9.90 Å². The third-order valence-electron chi connectivity index (χ3n) is 4.65. The second kappa shape index (κ2) is 5.54. The van der Waals surface area contributed by atoms with E-state index in [0.29, 0.717) is 13.1 Å². The molecule has 108 valence electrons. The van der Waals surface area contributed by atoms with E-state index in [4.69, 9.17) is 5.11 Å². The third-order valence-corrected chi connectivity index (χ3v) is 4.65. The molecule has 0 aromatic heterocycles. The molecule has 1 atom stereocenters. The molecule has 1 aromatic rings. The van der Waals surface area contributed by atoms with Crippen molar-refractivity contribution in [2.75, 3.05) is 19.7 Å². The number of aliphatic hydroxyl groups is 1. The molecule has 0 saturated heterocycles. The van der Waals surface area contributed by atoms with Crippen LogP contribution in [0.3, 0.4) is 0 Å². The van der Waals surface area contributed by atoms with E-state index in [2.05, 4.69) is 22.8 Å². The van der Waals surface area contributed by atoms with E-state index >= 15 is 0 Å². The summed E-state index contributed by atoms with van der Waals surface area (Å²) < 4.78 is 0. The molecule has 1 amide bonds. The van der Waals surface area contributed by atoms with Crippen LogP contribution in [0, 0.1) is 5.41 Å². The van der Waals surface area contributed by atoms with Crippen LogP contribution in [-0.2, 0) is 11.3 Å². The SMILES string of the molecule is O=C(NCC1(CCO)CC1)C1CNCc2ccccc21. The summed E-state index contributed by atoms with van der Waals surface area (Å²) in [7, 11) is 0. The molecular formula is C16H22N2O2. The van der Waals surface area contributed by atoms with Gasteiger partial charge in [-0.1, -0.05) is 24.3 Å². The van der Waals surface area contributed by atoms with Gasteiger partial charge >= 0.3 is 0 Å². The Labute approximate surface area is 119 Å². The Bertz CT molecular complexity index is 497. The van der Waals surface area contributed by atoms with E-state index in [1.807, 2.05) is 12.1 Å². The van der Waals surface area contributed by atoms with E-state index < -0.39 is 0 Å². The van der Waals surface area contributed by atoms with Crippen LogP contribution in [0.4, 0.5) is 0 Å². The molecule has 20 heavy (non-hydrogen) atoms. The number of benzene rings is 1. The number of hydrogen-bond acceptors (Lipinski definition) is 3. The highest BCUT2D eigenvalue weighted by atomic mass is 16.3.